The number of nitrogens with zero attached hydrogens (tertiary/aromatic N) is 8. The minimum absolute atomic E-state index is 0.152. The summed E-state index contributed by atoms with van der Waals surface area (Å²) in [4.78, 5) is 19.3. The van der Waals surface area contributed by atoms with Gasteiger partial charge in [0, 0.05) is 43.2 Å². The number of aromatic nitrogens is 4. The molecule has 0 aliphatic carbocycles. The Kier molecular flexibility index (Phi) is 6.03. The van der Waals surface area contributed by atoms with Crippen LogP contribution in [0.5, 0.6) is 0 Å². The summed E-state index contributed by atoms with van der Waals surface area (Å²) in [6, 6.07) is 27.6. The molecular formula is C28H32N8. The number of rotatable bonds is 6. The average Bonchev–Trinajstić information content (AvgIpc) is 3.62. The van der Waals surface area contributed by atoms with Crippen LogP contribution in [-0.4, -0.2) is 57.0 Å². The maximum absolute atomic E-state index is 4.95. The smallest absolute Gasteiger partial charge is 0.204 e. The van der Waals surface area contributed by atoms with E-state index in [0.717, 1.165) is 50.3 Å². The van der Waals surface area contributed by atoms with E-state index in [2.05, 4.69) is 97.9 Å². The van der Waals surface area contributed by atoms with Gasteiger partial charge in [-0.2, -0.15) is 5.10 Å². The van der Waals surface area contributed by atoms with E-state index in [0.29, 0.717) is 0 Å². The lowest BCUT2D eigenvalue weighted by molar-refractivity contribution is 0.307. The van der Waals surface area contributed by atoms with Gasteiger partial charge in [-0.25, -0.2) is 14.6 Å². The molecule has 2 saturated heterocycles. The molecule has 2 aliphatic rings. The predicted molar refractivity (Wildman–Crippen MR) is 143 cm³/mol. The molecule has 0 saturated carbocycles. The van der Waals surface area contributed by atoms with Crippen molar-refractivity contribution in [2.75, 3.05) is 41.0 Å². The summed E-state index contributed by atoms with van der Waals surface area (Å²) >= 11 is 0. The number of benzene rings is 2. The monoisotopic (exact) mass is 480 g/mol. The molecular weight excluding hydrogens is 448 g/mol. The highest BCUT2D eigenvalue weighted by Gasteiger charge is 2.41. The molecule has 0 bridgehead atoms. The molecule has 6 rings (SSSR count). The van der Waals surface area contributed by atoms with E-state index in [4.69, 9.17) is 15.1 Å². The van der Waals surface area contributed by atoms with Crippen LogP contribution < -0.4 is 14.7 Å². The van der Waals surface area contributed by atoms with Crippen molar-refractivity contribution in [2.24, 2.45) is 0 Å². The van der Waals surface area contributed by atoms with Gasteiger partial charge in [-0.1, -0.05) is 42.5 Å². The Bertz CT molecular complexity index is 1280. The minimum atomic E-state index is -0.152. The minimum Gasteiger partial charge on any atom is -0.357 e. The van der Waals surface area contributed by atoms with Gasteiger partial charge in [0.25, 0.3) is 0 Å². The van der Waals surface area contributed by atoms with Crippen LogP contribution in [0.1, 0.15) is 24.9 Å². The van der Waals surface area contributed by atoms with Crippen LogP contribution in [0, 0.1) is 6.92 Å². The van der Waals surface area contributed by atoms with Gasteiger partial charge in [-0.3, -0.25) is 4.90 Å². The van der Waals surface area contributed by atoms with Gasteiger partial charge < -0.3 is 14.7 Å². The van der Waals surface area contributed by atoms with Gasteiger partial charge in [0.15, 0.2) is 0 Å². The Morgan fingerprint density at radius 3 is 2.31 bits per heavy atom. The molecule has 2 aliphatic heterocycles. The first-order valence-electron chi connectivity index (χ1n) is 12.6. The number of hydrogen-bond donors (Lipinski definition) is 0. The third kappa shape index (κ3) is 4.28. The molecule has 0 N–H and O–H groups in total. The van der Waals surface area contributed by atoms with E-state index in [1.54, 1.807) is 0 Å². The summed E-state index contributed by atoms with van der Waals surface area (Å²) in [5.74, 6) is 2.71. The molecule has 0 amide bonds. The highest BCUT2D eigenvalue weighted by Crippen LogP contribution is 2.37. The van der Waals surface area contributed by atoms with Crippen LogP contribution in [0.3, 0.4) is 0 Å². The van der Waals surface area contributed by atoms with E-state index in [-0.39, 0.29) is 12.3 Å². The molecule has 0 radical (unpaired) electrons. The molecule has 1 unspecified atom stereocenters. The third-order valence-corrected chi connectivity index (χ3v) is 7.03. The fraction of sp³-hybridized carbons (Fsp3) is 0.321. The van der Waals surface area contributed by atoms with E-state index in [1.807, 2.05) is 25.3 Å². The lowest BCUT2D eigenvalue weighted by atomic mass is 10.3. The van der Waals surface area contributed by atoms with E-state index >= 15 is 0 Å². The van der Waals surface area contributed by atoms with Gasteiger partial charge in [-0.15, -0.1) is 0 Å². The van der Waals surface area contributed by atoms with Gasteiger partial charge >= 0.3 is 0 Å². The van der Waals surface area contributed by atoms with E-state index in [1.165, 1.54) is 11.4 Å². The van der Waals surface area contributed by atoms with Crippen LogP contribution in [0.4, 0.5) is 17.2 Å². The lowest BCUT2D eigenvalue weighted by Crippen LogP contribution is -2.40. The van der Waals surface area contributed by atoms with E-state index < -0.39 is 0 Å². The second kappa shape index (κ2) is 9.62. The van der Waals surface area contributed by atoms with Gasteiger partial charge in [-0.05, 0) is 50.2 Å². The normalized spacial score (nSPS) is 20.4. The van der Waals surface area contributed by atoms with Crippen molar-refractivity contribution in [1.29, 1.82) is 0 Å². The zero-order chi connectivity index (χ0) is 24.5. The van der Waals surface area contributed by atoms with Crippen molar-refractivity contribution >= 4 is 17.2 Å². The van der Waals surface area contributed by atoms with Crippen molar-refractivity contribution in [3.63, 3.8) is 0 Å². The largest absolute Gasteiger partial charge is 0.357 e. The van der Waals surface area contributed by atoms with Crippen LogP contribution >= 0.6 is 0 Å². The predicted octanol–water partition coefficient (Wildman–Crippen LogP) is 4.13. The molecule has 36 heavy (non-hydrogen) atoms. The highest BCUT2D eigenvalue weighted by molar-refractivity contribution is 5.54. The molecule has 0 spiro atoms. The molecule has 2 fully saturated rings. The zero-order valence-electron chi connectivity index (χ0n) is 20.9. The number of para-hydroxylation sites is 2. The van der Waals surface area contributed by atoms with E-state index in [9.17, 15) is 0 Å². The van der Waals surface area contributed by atoms with Gasteiger partial charge in [0.1, 0.15) is 17.5 Å². The summed E-state index contributed by atoms with van der Waals surface area (Å²) in [6.45, 7) is 8.73. The van der Waals surface area contributed by atoms with Crippen molar-refractivity contribution in [3.05, 3.63) is 96.7 Å². The highest BCUT2D eigenvalue weighted by atomic mass is 15.6. The van der Waals surface area contributed by atoms with Crippen molar-refractivity contribution < 1.29 is 0 Å². The molecule has 8 nitrogen and oxygen atoms in total. The quantitative estimate of drug-likeness (QED) is 0.411. The lowest BCUT2D eigenvalue weighted by Gasteiger charge is -2.34. The van der Waals surface area contributed by atoms with Gasteiger partial charge in [0.05, 0.1) is 13.2 Å². The molecule has 184 valence electrons. The Hall–Kier alpha value is -3.91. The second-order valence-electron chi connectivity index (χ2n) is 9.59. The Morgan fingerprint density at radius 2 is 1.58 bits per heavy atom. The molecule has 2 atom stereocenters. The zero-order valence-corrected chi connectivity index (χ0v) is 20.9. The Balaban J connectivity index is 1.33. The van der Waals surface area contributed by atoms with Crippen molar-refractivity contribution in [1.82, 2.24) is 24.6 Å². The second-order valence-corrected chi connectivity index (χ2v) is 9.59. The first kappa shape index (κ1) is 22.5. The molecule has 8 heteroatoms. The maximum Gasteiger partial charge on any atom is 0.204 e. The van der Waals surface area contributed by atoms with Crippen LogP contribution in [0.25, 0.3) is 0 Å². The summed E-state index contributed by atoms with van der Waals surface area (Å²) in [5.41, 5.74) is 2.43. The molecule has 4 heterocycles. The molecule has 2 aromatic carbocycles. The number of hydrogen-bond acceptors (Lipinski definition) is 7. The van der Waals surface area contributed by atoms with Crippen molar-refractivity contribution in [3.8, 4) is 0 Å². The summed E-state index contributed by atoms with van der Waals surface area (Å²) in [7, 11) is 0. The first-order valence-corrected chi connectivity index (χ1v) is 12.6. The summed E-state index contributed by atoms with van der Waals surface area (Å²) < 4.78 is 2.12. The third-order valence-electron chi connectivity index (χ3n) is 7.03. The number of aryl methyl sites for hydroxylation is 1. The number of anilines is 3. The Morgan fingerprint density at radius 1 is 0.861 bits per heavy atom. The topological polar surface area (TPSA) is 56.6 Å². The standard InChI is InChI=1S/C28H32N8/c1-22-19-34(25-13-7-4-8-14-25)28(35(22)26-15-9-10-16-29-26)36-27(30-23(2)31-36)20-32-17-18-33(21-32)24-11-5-3-6-12-24/h3-16,22,28H,17-21H2,1-2H3/t22-,28?/m1/s1. The van der Waals surface area contributed by atoms with Crippen molar-refractivity contribution in [2.45, 2.75) is 32.7 Å². The maximum atomic E-state index is 4.95. The van der Waals surface area contributed by atoms with Crippen LogP contribution in [0.2, 0.25) is 0 Å². The number of pyridine rings is 1. The Labute approximate surface area is 212 Å². The van der Waals surface area contributed by atoms with Crippen LogP contribution in [0.15, 0.2) is 85.1 Å². The summed E-state index contributed by atoms with van der Waals surface area (Å²) in [6.07, 6.45) is 1.71. The fourth-order valence-corrected chi connectivity index (χ4v) is 5.39. The SMILES string of the molecule is Cc1nc(CN2CCN(c3ccccc3)C2)n(C2N(c3ccccc3)C[C@@H](C)N2c2ccccn2)n1. The summed E-state index contributed by atoms with van der Waals surface area (Å²) in [5, 5.41) is 4.95. The molecule has 4 aromatic rings. The van der Waals surface area contributed by atoms with Crippen LogP contribution in [-0.2, 0) is 6.54 Å². The fourth-order valence-electron chi connectivity index (χ4n) is 5.39. The molecule has 2 aromatic heterocycles. The van der Waals surface area contributed by atoms with Gasteiger partial charge in [0.2, 0.25) is 6.29 Å². The average molecular weight is 481 g/mol. The first-order chi connectivity index (χ1) is 17.7.